The molecule has 138 valence electrons. The average molecular weight is 366 g/mol. The third-order valence-corrected chi connectivity index (χ3v) is 4.63. The van der Waals surface area contributed by atoms with Gasteiger partial charge >= 0.3 is 0 Å². The van der Waals surface area contributed by atoms with Crippen molar-refractivity contribution in [3.8, 4) is 11.5 Å². The van der Waals surface area contributed by atoms with Crippen LogP contribution in [0.5, 0.6) is 0 Å². The van der Waals surface area contributed by atoms with Crippen LogP contribution in [0.1, 0.15) is 18.3 Å². The van der Waals surface area contributed by atoms with E-state index in [9.17, 15) is 0 Å². The molecule has 0 saturated carbocycles. The topological polar surface area (TPSA) is 57.4 Å². The van der Waals surface area contributed by atoms with Crippen molar-refractivity contribution in [2.75, 3.05) is 40.3 Å². The maximum Gasteiger partial charge on any atom is 0.257 e. The number of hydrogen-bond acceptors (Lipinski definition) is 6. The molecule has 0 amide bonds. The Hall–Kier alpha value is -1.47. The van der Waals surface area contributed by atoms with Gasteiger partial charge in [-0.05, 0) is 38.7 Å². The van der Waals surface area contributed by atoms with E-state index in [2.05, 4.69) is 57.4 Å². The summed E-state index contributed by atoms with van der Waals surface area (Å²) in [5.41, 5.74) is 2.29. The SMILES string of the molecule is CNC(C)Cc1noc(-c2cccc(CN3CCN(C)CC3)c2)n1.Cl. The van der Waals surface area contributed by atoms with Gasteiger partial charge in [0.25, 0.3) is 5.89 Å². The number of likely N-dealkylation sites (N-methyl/N-ethyl adjacent to an activating group) is 2. The van der Waals surface area contributed by atoms with Crippen LogP contribution >= 0.6 is 12.4 Å². The lowest BCUT2D eigenvalue weighted by molar-refractivity contribution is 0.148. The zero-order valence-corrected chi connectivity index (χ0v) is 16.1. The molecule has 2 heterocycles. The normalized spacial score (nSPS) is 17.2. The fourth-order valence-corrected chi connectivity index (χ4v) is 2.90. The number of nitrogens with one attached hydrogen (secondary N) is 1. The highest BCUT2D eigenvalue weighted by atomic mass is 35.5. The molecule has 1 saturated heterocycles. The van der Waals surface area contributed by atoms with Gasteiger partial charge in [0.05, 0.1) is 0 Å². The molecule has 0 aliphatic carbocycles. The summed E-state index contributed by atoms with van der Waals surface area (Å²) in [6.45, 7) is 7.58. The zero-order chi connectivity index (χ0) is 16.9. The summed E-state index contributed by atoms with van der Waals surface area (Å²) in [4.78, 5) is 9.40. The Bertz CT molecular complexity index is 654. The van der Waals surface area contributed by atoms with Gasteiger partial charge in [0, 0.05) is 50.7 Å². The summed E-state index contributed by atoms with van der Waals surface area (Å²) in [5, 5.41) is 7.28. The fourth-order valence-electron chi connectivity index (χ4n) is 2.90. The first-order chi connectivity index (χ1) is 11.6. The Balaban J connectivity index is 0.00000225. The van der Waals surface area contributed by atoms with Crippen molar-refractivity contribution in [2.45, 2.75) is 25.9 Å². The maximum atomic E-state index is 5.45. The molecule has 3 rings (SSSR count). The Labute approximate surface area is 156 Å². The molecule has 1 aromatic carbocycles. The summed E-state index contributed by atoms with van der Waals surface area (Å²) < 4.78 is 5.45. The number of piperazine rings is 1. The molecule has 0 spiro atoms. The van der Waals surface area contributed by atoms with Gasteiger partial charge < -0.3 is 14.7 Å². The smallest absolute Gasteiger partial charge is 0.257 e. The van der Waals surface area contributed by atoms with Crippen LogP contribution in [0.2, 0.25) is 0 Å². The molecule has 1 unspecified atom stereocenters. The minimum Gasteiger partial charge on any atom is -0.334 e. The predicted octanol–water partition coefficient (Wildman–Crippen LogP) is 2.06. The molecule has 1 atom stereocenters. The van der Waals surface area contributed by atoms with E-state index in [1.54, 1.807) is 0 Å². The monoisotopic (exact) mass is 365 g/mol. The van der Waals surface area contributed by atoms with Gasteiger partial charge in [0.2, 0.25) is 0 Å². The van der Waals surface area contributed by atoms with Gasteiger partial charge in [-0.1, -0.05) is 17.3 Å². The summed E-state index contributed by atoms with van der Waals surface area (Å²) in [7, 11) is 4.12. The van der Waals surface area contributed by atoms with E-state index in [-0.39, 0.29) is 12.4 Å². The van der Waals surface area contributed by atoms with Crippen LogP contribution in [-0.2, 0) is 13.0 Å². The molecule has 1 aromatic heterocycles. The molecule has 1 aliphatic heterocycles. The van der Waals surface area contributed by atoms with Crippen LogP contribution in [0.15, 0.2) is 28.8 Å². The van der Waals surface area contributed by atoms with E-state index in [0.717, 1.165) is 50.5 Å². The zero-order valence-electron chi connectivity index (χ0n) is 15.2. The molecule has 1 aliphatic rings. The van der Waals surface area contributed by atoms with Gasteiger partial charge in [-0.25, -0.2) is 0 Å². The van der Waals surface area contributed by atoms with E-state index >= 15 is 0 Å². The number of rotatable bonds is 6. The van der Waals surface area contributed by atoms with Crippen molar-refractivity contribution < 1.29 is 4.52 Å². The second kappa shape index (κ2) is 9.29. The van der Waals surface area contributed by atoms with E-state index in [4.69, 9.17) is 4.52 Å². The highest BCUT2D eigenvalue weighted by Crippen LogP contribution is 2.20. The molecule has 1 fully saturated rings. The molecular weight excluding hydrogens is 338 g/mol. The lowest BCUT2D eigenvalue weighted by atomic mass is 10.1. The number of halogens is 1. The van der Waals surface area contributed by atoms with Crippen molar-refractivity contribution in [3.05, 3.63) is 35.7 Å². The van der Waals surface area contributed by atoms with Crippen LogP contribution in [0, 0.1) is 0 Å². The maximum absolute atomic E-state index is 5.45. The molecule has 2 aromatic rings. The summed E-state index contributed by atoms with van der Waals surface area (Å²) in [5.74, 6) is 1.35. The molecule has 6 nitrogen and oxygen atoms in total. The third-order valence-electron chi connectivity index (χ3n) is 4.63. The second-order valence-corrected chi connectivity index (χ2v) is 6.69. The minimum absolute atomic E-state index is 0. The van der Waals surface area contributed by atoms with Gasteiger partial charge in [0.1, 0.15) is 0 Å². The Morgan fingerprint density at radius 2 is 2.00 bits per heavy atom. The number of aromatic nitrogens is 2. The molecule has 7 heteroatoms. The van der Waals surface area contributed by atoms with Gasteiger partial charge in [-0.2, -0.15) is 4.98 Å². The van der Waals surface area contributed by atoms with E-state index in [1.807, 2.05) is 13.1 Å². The Morgan fingerprint density at radius 3 is 2.72 bits per heavy atom. The first kappa shape index (κ1) is 19.8. The molecular formula is C18H28ClN5O. The molecule has 1 N–H and O–H groups in total. The number of nitrogens with zero attached hydrogens (tertiary/aromatic N) is 4. The average Bonchev–Trinajstić information content (AvgIpc) is 3.05. The predicted molar refractivity (Wildman–Crippen MR) is 102 cm³/mol. The summed E-state index contributed by atoms with van der Waals surface area (Å²) in [6.07, 6.45) is 0.765. The van der Waals surface area contributed by atoms with Gasteiger partial charge in [-0.3, -0.25) is 4.90 Å². The van der Waals surface area contributed by atoms with Crippen molar-refractivity contribution in [3.63, 3.8) is 0 Å². The van der Waals surface area contributed by atoms with Crippen molar-refractivity contribution in [2.24, 2.45) is 0 Å². The first-order valence-electron chi connectivity index (χ1n) is 8.64. The number of hydrogen-bond donors (Lipinski definition) is 1. The molecule has 0 radical (unpaired) electrons. The lowest BCUT2D eigenvalue weighted by Crippen LogP contribution is -2.43. The van der Waals surface area contributed by atoms with E-state index in [0.29, 0.717) is 11.9 Å². The third kappa shape index (κ3) is 5.51. The van der Waals surface area contributed by atoms with Gasteiger partial charge in [-0.15, -0.1) is 12.4 Å². The minimum atomic E-state index is 0. The van der Waals surface area contributed by atoms with Crippen molar-refractivity contribution in [1.82, 2.24) is 25.3 Å². The van der Waals surface area contributed by atoms with Crippen LogP contribution in [0.3, 0.4) is 0 Å². The van der Waals surface area contributed by atoms with Crippen LogP contribution in [0.4, 0.5) is 0 Å². The quantitative estimate of drug-likeness (QED) is 0.845. The van der Waals surface area contributed by atoms with Crippen LogP contribution in [0.25, 0.3) is 11.5 Å². The van der Waals surface area contributed by atoms with E-state index < -0.39 is 0 Å². The number of benzene rings is 1. The summed E-state index contributed by atoms with van der Waals surface area (Å²) in [6, 6.07) is 8.77. The summed E-state index contributed by atoms with van der Waals surface area (Å²) >= 11 is 0. The standard InChI is InChI=1S/C18H27N5O.ClH/c1-14(19-2)11-17-20-18(24-21-17)16-6-4-5-15(12-16)13-23-9-7-22(3)8-10-23;/h4-6,12,14,19H,7-11,13H2,1-3H3;1H. The van der Waals surface area contributed by atoms with Crippen LogP contribution < -0.4 is 5.32 Å². The van der Waals surface area contributed by atoms with Crippen molar-refractivity contribution >= 4 is 12.4 Å². The first-order valence-corrected chi connectivity index (χ1v) is 8.64. The van der Waals surface area contributed by atoms with Crippen molar-refractivity contribution in [1.29, 1.82) is 0 Å². The highest BCUT2D eigenvalue weighted by molar-refractivity contribution is 5.85. The van der Waals surface area contributed by atoms with E-state index in [1.165, 1.54) is 5.56 Å². The Morgan fingerprint density at radius 1 is 1.24 bits per heavy atom. The van der Waals surface area contributed by atoms with Crippen LogP contribution in [-0.4, -0.2) is 66.3 Å². The Kier molecular flexibility index (Phi) is 7.38. The van der Waals surface area contributed by atoms with Gasteiger partial charge in [0.15, 0.2) is 5.82 Å². The molecule has 25 heavy (non-hydrogen) atoms. The second-order valence-electron chi connectivity index (χ2n) is 6.69. The largest absolute Gasteiger partial charge is 0.334 e. The fraction of sp³-hybridized carbons (Fsp3) is 0.556. The molecule has 0 bridgehead atoms. The lowest BCUT2D eigenvalue weighted by Gasteiger charge is -2.32. The highest BCUT2D eigenvalue weighted by Gasteiger charge is 2.15.